The van der Waals surface area contributed by atoms with Gasteiger partial charge in [-0.3, -0.25) is 0 Å². The molecule has 0 spiro atoms. The van der Waals surface area contributed by atoms with Crippen LogP contribution in [0.25, 0.3) is 10.6 Å². The Labute approximate surface area is 145 Å². The van der Waals surface area contributed by atoms with Gasteiger partial charge in [0, 0.05) is 24.5 Å². The highest BCUT2D eigenvalue weighted by Crippen LogP contribution is 2.33. The highest BCUT2D eigenvalue weighted by atomic mass is 32.2. The topological polar surface area (TPSA) is 62.3 Å². The first kappa shape index (κ1) is 17.0. The Hall–Kier alpha value is -0.800. The number of hydrogen-bond donors (Lipinski definition) is 1. The molecule has 0 amide bonds. The van der Waals surface area contributed by atoms with Gasteiger partial charge in [0.15, 0.2) is 0 Å². The molecule has 0 saturated carbocycles. The highest BCUT2D eigenvalue weighted by molar-refractivity contribution is 7.91. The molecule has 23 heavy (non-hydrogen) atoms. The van der Waals surface area contributed by atoms with E-state index in [1.54, 1.807) is 21.7 Å². The van der Waals surface area contributed by atoms with E-state index in [2.05, 4.69) is 10.3 Å². The number of aromatic nitrogens is 1. The van der Waals surface area contributed by atoms with Crippen LogP contribution in [0.15, 0.2) is 21.7 Å². The van der Waals surface area contributed by atoms with Gasteiger partial charge in [0.25, 0.3) is 10.0 Å². The quantitative estimate of drug-likeness (QED) is 0.848. The minimum absolute atomic E-state index is 0.0621. The number of rotatable bonds is 6. The van der Waals surface area contributed by atoms with Crippen LogP contribution in [-0.2, 0) is 10.0 Å². The third-order valence-electron chi connectivity index (χ3n) is 3.90. The number of thiazole rings is 1. The van der Waals surface area contributed by atoms with Gasteiger partial charge in [0.2, 0.25) is 0 Å². The van der Waals surface area contributed by atoms with Crippen LogP contribution >= 0.6 is 22.7 Å². The Kier molecular flexibility index (Phi) is 5.17. The number of hydrogen-bond acceptors (Lipinski definition) is 6. The number of nitrogens with one attached hydrogen (secondary N) is 1. The lowest BCUT2D eigenvalue weighted by atomic mass is 10.2. The monoisotopic (exact) mass is 371 g/mol. The number of nitrogens with zero attached hydrogens (tertiary/aromatic N) is 2. The van der Waals surface area contributed by atoms with Crippen molar-refractivity contribution in [3.63, 3.8) is 0 Å². The maximum atomic E-state index is 13.0. The lowest BCUT2D eigenvalue weighted by molar-refractivity contribution is 0.336. The fraction of sp³-hybridized carbons (Fsp3) is 0.533. The second-order valence-electron chi connectivity index (χ2n) is 5.63. The molecule has 0 aromatic carbocycles. The normalized spacial score (nSPS) is 18.8. The fourth-order valence-corrected chi connectivity index (χ4v) is 6.62. The molecule has 1 saturated heterocycles. The molecular weight excluding hydrogens is 350 g/mol. The maximum Gasteiger partial charge on any atom is 0.252 e. The molecule has 0 aliphatic carbocycles. The molecule has 3 rings (SSSR count). The van der Waals surface area contributed by atoms with Crippen LogP contribution in [0.5, 0.6) is 0 Å². The molecule has 1 fully saturated rings. The van der Waals surface area contributed by atoms with Crippen molar-refractivity contribution in [3.8, 4) is 10.6 Å². The molecular formula is C15H21N3O2S3. The van der Waals surface area contributed by atoms with E-state index in [0.717, 1.165) is 41.5 Å². The third-order valence-corrected chi connectivity index (χ3v) is 8.20. The summed E-state index contributed by atoms with van der Waals surface area (Å²) in [6.07, 6.45) is 1.70. The van der Waals surface area contributed by atoms with Gasteiger partial charge in [-0.25, -0.2) is 13.4 Å². The summed E-state index contributed by atoms with van der Waals surface area (Å²) in [5, 5.41) is 6.22. The summed E-state index contributed by atoms with van der Waals surface area (Å²) in [5.41, 5.74) is 0.864. The van der Waals surface area contributed by atoms with Crippen LogP contribution in [0, 0.1) is 6.92 Å². The molecule has 1 N–H and O–H groups in total. The summed E-state index contributed by atoms with van der Waals surface area (Å²) >= 11 is 2.89. The van der Waals surface area contributed by atoms with Gasteiger partial charge in [-0.15, -0.1) is 22.7 Å². The highest BCUT2D eigenvalue weighted by Gasteiger charge is 2.33. The molecule has 1 unspecified atom stereocenters. The standard InChI is InChI=1S/C15H21N3O2S3/c1-3-8-18(12-6-7-16-9-12)23(19,20)15-5-4-14(22-15)13-10-21-11(2)17-13/h4-5,10,12,16H,3,6-9H2,1-2H3. The van der Waals surface area contributed by atoms with Gasteiger partial charge in [0.05, 0.1) is 15.6 Å². The largest absolute Gasteiger partial charge is 0.315 e. The zero-order chi connectivity index (χ0) is 16.4. The average molecular weight is 372 g/mol. The summed E-state index contributed by atoms with van der Waals surface area (Å²) in [4.78, 5) is 5.36. The van der Waals surface area contributed by atoms with Crippen LogP contribution < -0.4 is 5.32 Å². The zero-order valence-electron chi connectivity index (χ0n) is 13.3. The third kappa shape index (κ3) is 3.51. The van der Waals surface area contributed by atoms with E-state index in [9.17, 15) is 8.42 Å². The Morgan fingerprint density at radius 3 is 2.87 bits per heavy atom. The van der Waals surface area contributed by atoms with Crippen molar-refractivity contribution < 1.29 is 8.42 Å². The molecule has 1 aliphatic rings. The number of thiophene rings is 1. The SMILES string of the molecule is CCCN(C1CCNC1)S(=O)(=O)c1ccc(-c2csc(C)n2)s1. The Morgan fingerprint density at radius 1 is 1.43 bits per heavy atom. The van der Waals surface area contributed by atoms with Gasteiger partial charge >= 0.3 is 0 Å². The van der Waals surface area contributed by atoms with Gasteiger partial charge in [-0.05, 0) is 38.4 Å². The van der Waals surface area contributed by atoms with Crippen LogP contribution in [-0.4, -0.2) is 43.4 Å². The summed E-state index contributed by atoms with van der Waals surface area (Å²) in [7, 11) is -3.44. The minimum atomic E-state index is -3.44. The number of aryl methyl sites for hydroxylation is 1. The van der Waals surface area contributed by atoms with Crippen molar-refractivity contribution in [3.05, 3.63) is 22.5 Å². The molecule has 2 aromatic heterocycles. The Bertz CT molecular complexity index is 761. The van der Waals surface area contributed by atoms with E-state index in [1.807, 2.05) is 25.3 Å². The van der Waals surface area contributed by atoms with Crippen LogP contribution in [0.4, 0.5) is 0 Å². The predicted octanol–water partition coefficient (Wildman–Crippen LogP) is 2.94. The lowest BCUT2D eigenvalue weighted by Gasteiger charge is -2.26. The molecule has 126 valence electrons. The second kappa shape index (κ2) is 6.98. The van der Waals surface area contributed by atoms with Crippen LogP contribution in [0.1, 0.15) is 24.8 Å². The summed E-state index contributed by atoms with van der Waals surface area (Å²) in [6, 6.07) is 3.64. The van der Waals surface area contributed by atoms with Crippen molar-refractivity contribution in [1.82, 2.24) is 14.6 Å². The van der Waals surface area contributed by atoms with Gasteiger partial charge in [-0.1, -0.05) is 6.92 Å². The van der Waals surface area contributed by atoms with E-state index < -0.39 is 10.0 Å². The second-order valence-corrected chi connectivity index (χ2v) is 9.90. The van der Waals surface area contributed by atoms with Crippen molar-refractivity contribution in [2.45, 2.75) is 36.9 Å². The van der Waals surface area contributed by atoms with Crippen molar-refractivity contribution in [2.75, 3.05) is 19.6 Å². The minimum Gasteiger partial charge on any atom is -0.315 e. The Morgan fingerprint density at radius 2 is 2.26 bits per heavy atom. The van der Waals surface area contributed by atoms with Crippen molar-refractivity contribution >= 4 is 32.7 Å². The van der Waals surface area contributed by atoms with E-state index in [0.29, 0.717) is 10.8 Å². The molecule has 1 aliphatic heterocycles. The summed E-state index contributed by atoms with van der Waals surface area (Å²) in [5.74, 6) is 0. The lowest BCUT2D eigenvalue weighted by Crippen LogP contribution is -2.41. The molecule has 0 bridgehead atoms. The first-order valence-corrected chi connectivity index (χ1v) is 10.9. The van der Waals surface area contributed by atoms with E-state index in [-0.39, 0.29) is 6.04 Å². The molecule has 1 atom stereocenters. The smallest absolute Gasteiger partial charge is 0.252 e. The zero-order valence-corrected chi connectivity index (χ0v) is 15.7. The fourth-order valence-electron chi connectivity index (χ4n) is 2.79. The van der Waals surface area contributed by atoms with Crippen molar-refractivity contribution in [2.24, 2.45) is 0 Å². The van der Waals surface area contributed by atoms with Crippen LogP contribution in [0.3, 0.4) is 0 Å². The predicted molar refractivity (Wildman–Crippen MR) is 95.6 cm³/mol. The molecule has 2 aromatic rings. The first-order valence-electron chi connectivity index (χ1n) is 7.77. The maximum absolute atomic E-state index is 13.0. The molecule has 3 heterocycles. The first-order chi connectivity index (χ1) is 11.0. The molecule has 8 heteroatoms. The molecule has 5 nitrogen and oxygen atoms in total. The van der Waals surface area contributed by atoms with Crippen molar-refractivity contribution in [1.29, 1.82) is 0 Å². The van der Waals surface area contributed by atoms with E-state index in [4.69, 9.17) is 0 Å². The number of sulfonamides is 1. The Balaban J connectivity index is 1.90. The van der Waals surface area contributed by atoms with E-state index >= 15 is 0 Å². The van der Waals surface area contributed by atoms with Crippen LogP contribution in [0.2, 0.25) is 0 Å². The molecule has 0 radical (unpaired) electrons. The van der Waals surface area contributed by atoms with E-state index in [1.165, 1.54) is 11.3 Å². The summed E-state index contributed by atoms with van der Waals surface area (Å²) < 4.78 is 28.2. The van der Waals surface area contributed by atoms with Gasteiger partial charge < -0.3 is 5.32 Å². The average Bonchev–Trinajstić information content (AvgIpc) is 3.24. The summed E-state index contributed by atoms with van der Waals surface area (Å²) in [6.45, 7) is 6.16. The van der Waals surface area contributed by atoms with Gasteiger partial charge in [-0.2, -0.15) is 4.31 Å². The van der Waals surface area contributed by atoms with Gasteiger partial charge in [0.1, 0.15) is 4.21 Å².